The molecule has 16 heavy (non-hydrogen) atoms. The second-order valence-corrected chi connectivity index (χ2v) is 4.33. The Morgan fingerprint density at radius 3 is 3.12 bits per heavy atom. The maximum atomic E-state index is 11.1. The SMILES string of the molecule is Cc1cnc(CN2CCCC[C@H]2C(=O)O)[nH]1. The molecule has 1 aromatic rings. The number of hydrogen-bond acceptors (Lipinski definition) is 3. The molecule has 0 spiro atoms. The van der Waals surface area contributed by atoms with Gasteiger partial charge in [0.25, 0.3) is 0 Å². The van der Waals surface area contributed by atoms with Gasteiger partial charge in [-0.25, -0.2) is 4.98 Å². The van der Waals surface area contributed by atoms with Crippen molar-refractivity contribution in [2.45, 2.75) is 38.8 Å². The highest BCUT2D eigenvalue weighted by atomic mass is 16.4. The number of piperidine rings is 1. The van der Waals surface area contributed by atoms with Crippen LogP contribution in [0.5, 0.6) is 0 Å². The zero-order valence-corrected chi connectivity index (χ0v) is 9.44. The first-order chi connectivity index (χ1) is 7.66. The number of hydrogen-bond donors (Lipinski definition) is 2. The molecule has 1 aliphatic rings. The molecule has 1 fully saturated rings. The monoisotopic (exact) mass is 223 g/mol. The number of carbonyl (C=O) groups is 1. The van der Waals surface area contributed by atoms with E-state index in [1.165, 1.54) is 0 Å². The van der Waals surface area contributed by atoms with E-state index in [1.807, 2.05) is 11.8 Å². The highest BCUT2D eigenvalue weighted by Crippen LogP contribution is 2.18. The minimum absolute atomic E-state index is 0.348. The number of carboxylic acids is 1. The summed E-state index contributed by atoms with van der Waals surface area (Å²) in [6, 6.07) is -0.348. The Kier molecular flexibility index (Phi) is 3.24. The fraction of sp³-hybridized carbons (Fsp3) is 0.636. The van der Waals surface area contributed by atoms with Gasteiger partial charge in [0.05, 0.1) is 6.54 Å². The number of aliphatic carboxylic acids is 1. The zero-order chi connectivity index (χ0) is 11.5. The molecule has 0 aromatic carbocycles. The number of aromatic nitrogens is 2. The predicted octanol–water partition coefficient (Wildman–Crippen LogP) is 1.16. The number of nitrogens with zero attached hydrogens (tertiary/aromatic N) is 2. The third kappa shape index (κ3) is 2.41. The van der Waals surface area contributed by atoms with Gasteiger partial charge in [0.15, 0.2) is 0 Å². The van der Waals surface area contributed by atoms with Crippen molar-refractivity contribution in [2.75, 3.05) is 6.54 Å². The number of rotatable bonds is 3. The largest absolute Gasteiger partial charge is 0.480 e. The minimum atomic E-state index is -0.719. The molecule has 1 saturated heterocycles. The normalized spacial score (nSPS) is 22.2. The van der Waals surface area contributed by atoms with E-state index in [0.29, 0.717) is 6.54 Å². The number of carboxylic acid groups (broad SMARTS) is 1. The van der Waals surface area contributed by atoms with Crippen LogP contribution in [0.15, 0.2) is 6.20 Å². The summed E-state index contributed by atoms with van der Waals surface area (Å²) in [6.07, 6.45) is 4.60. The van der Waals surface area contributed by atoms with E-state index < -0.39 is 5.97 Å². The van der Waals surface area contributed by atoms with E-state index in [9.17, 15) is 4.79 Å². The van der Waals surface area contributed by atoms with Gasteiger partial charge >= 0.3 is 5.97 Å². The van der Waals surface area contributed by atoms with Gasteiger partial charge in [-0.15, -0.1) is 0 Å². The van der Waals surface area contributed by atoms with Crippen LogP contribution in [0.2, 0.25) is 0 Å². The van der Waals surface area contributed by atoms with Crippen molar-refractivity contribution in [3.63, 3.8) is 0 Å². The Labute approximate surface area is 94.5 Å². The molecular formula is C11H17N3O2. The van der Waals surface area contributed by atoms with Gasteiger partial charge in [0, 0.05) is 11.9 Å². The average molecular weight is 223 g/mol. The van der Waals surface area contributed by atoms with Crippen LogP contribution in [0.1, 0.15) is 30.8 Å². The van der Waals surface area contributed by atoms with Gasteiger partial charge in [0.1, 0.15) is 11.9 Å². The van der Waals surface area contributed by atoms with Crippen molar-refractivity contribution in [3.8, 4) is 0 Å². The summed E-state index contributed by atoms with van der Waals surface area (Å²) in [5, 5.41) is 9.12. The highest BCUT2D eigenvalue weighted by molar-refractivity contribution is 5.73. The van der Waals surface area contributed by atoms with E-state index in [-0.39, 0.29) is 6.04 Å². The second kappa shape index (κ2) is 4.65. The molecule has 2 heterocycles. The summed E-state index contributed by atoms with van der Waals surface area (Å²) in [5.74, 6) is 0.133. The highest BCUT2D eigenvalue weighted by Gasteiger charge is 2.28. The number of H-pyrrole nitrogens is 1. The smallest absolute Gasteiger partial charge is 0.320 e. The summed E-state index contributed by atoms with van der Waals surface area (Å²) in [7, 11) is 0. The molecule has 0 saturated carbocycles. The molecule has 5 heteroatoms. The molecular weight excluding hydrogens is 206 g/mol. The third-order valence-electron chi connectivity index (χ3n) is 3.01. The lowest BCUT2D eigenvalue weighted by atomic mass is 10.0. The summed E-state index contributed by atoms with van der Waals surface area (Å²) >= 11 is 0. The number of aryl methyl sites for hydroxylation is 1. The molecule has 0 amide bonds. The quantitative estimate of drug-likeness (QED) is 0.806. The summed E-state index contributed by atoms with van der Waals surface area (Å²) in [4.78, 5) is 20.4. The molecule has 2 rings (SSSR count). The number of aromatic amines is 1. The maximum Gasteiger partial charge on any atom is 0.320 e. The van der Waals surface area contributed by atoms with Gasteiger partial charge in [-0.05, 0) is 26.3 Å². The number of likely N-dealkylation sites (tertiary alicyclic amines) is 1. The standard InChI is InChI=1S/C11H17N3O2/c1-8-6-12-10(13-8)7-14-5-3-2-4-9(14)11(15)16/h6,9H,2-5,7H2,1H3,(H,12,13)(H,15,16)/t9-/m0/s1. The molecule has 88 valence electrons. The van der Waals surface area contributed by atoms with Crippen LogP contribution in [-0.2, 0) is 11.3 Å². The molecule has 1 aromatic heterocycles. The van der Waals surface area contributed by atoms with Crippen molar-refractivity contribution in [1.29, 1.82) is 0 Å². The predicted molar refractivity (Wildman–Crippen MR) is 59.0 cm³/mol. The van der Waals surface area contributed by atoms with Crippen molar-refractivity contribution >= 4 is 5.97 Å². The first kappa shape index (κ1) is 11.1. The first-order valence-electron chi connectivity index (χ1n) is 5.64. The Hall–Kier alpha value is -1.36. The van der Waals surface area contributed by atoms with E-state index in [1.54, 1.807) is 6.20 Å². The topological polar surface area (TPSA) is 69.2 Å². The Morgan fingerprint density at radius 1 is 1.69 bits per heavy atom. The second-order valence-electron chi connectivity index (χ2n) is 4.33. The van der Waals surface area contributed by atoms with E-state index in [4.69, 9.17) is 5.11 Å². The van der Waals surface area contributed by atoms with Crippen molar-refractivity contribution in [2.24, 2.45) is 0 Å². The van der Waals surface area contributed by atoms with Crippen LogP contribution in [0.3, 0.4) is 0 Å². The molecule has 1 atom stereocenters. The van der Waals surface area contributed by atoms with E-state index in [2.05, 4.69) is 9.97 Å². The molecule has 1 aliphatic heterocycles. The molecule has 5 nitrogen and oxygen atoms in total. The van der Waals surface area contributed by atoms with Crippen molar-refractivity contribution in [1.82, 2.24) is 14.9 Å². The van der Waals surface area contributed by atoms with E-state index >= 15 is 0 Å². The van der Waals surface area contributed by atoms with Gasteiger partial charge in [-0.2, -0.15) is 0 Å². The van der Waals surface area contributed by atoms with Crippen LogP contribution >= 0.6 is 0 Å². The van der Waals surface area contributed by atoms with E-state index in [0.717, 1.165) is 37.3 Å². The lowest BCUT2D eigenvalue weighted by Crippen LogP contribution is -2.44. The van der Waals surface area contributed by atoms with Crippen LogP contribution in [0.25, 0.3) is 0 Å². The lowest BCUT2D eigenvalue weighted by Gasteiger charge is -2.32. The fourth-order valence-electron chi connectivity index (χ4n) is 2.20. The van der Waals surface area contributed by atoms with Crippen molar-refractivity contribution in [3.05, 3.63) is 17.7 Å². The maximum absolute atomic E-state index is 11.1. The molecule has 2 N–H and O–H groups in total. The Morgan fingerprint density at radius 2 is 2.50 bits per heavy atom. The Balaban J connectivity index is 2.03. The molecule has 0 aliphatic carbocycles. The van der Waals surface area contributed by atoms with Gasteiger partial charge in [-0.3, -0.25) is 9.69 Å². The van der Waals surface area contributed by atoms with Crippen molar-refractivity contribution < 1.29 is 9.90 Å². The number of nitrogens with one attached hydrogen (secondary N) is 1. The number of imidazole rings is 1. The molecule has 0 bridgehead atoms. The van der Waals surface area contributed by atoms with Gasteiger partial charge < -0.3 is 10.1 Å². The van der Waals surface area contributed by atoms with Gasteiger partial charge in [0.2, 0.25) is 0 Å². The van der Waals surface area contributed by atoms with Crippen LogP contribution < -0.4 is 0 Å². The summed E-state index contributed by atoms with van der Waals surface area (Å²) in [6.45, 7) is 3.39. The summed E-state index contributed by atoms with van der Waals surface area (Å²) in [5.41, 5.74) is 1.01. The Bertz CT molecular complexity index is 375. The lowest BCUT2D eigenvalue weighted by molar-refractivity contribution is -0.144. The summed E-state index contributed by atoms with van der Waals surface area (Å²) < 4.78 is 0. The first-order valence-corrected chi connectivity index (χ1v) is 5.64. The van der Waals surface area contributed by atoms with Gasteiger partial charge in [-0.1, -0.05) is 6.42 Å². The molecule has 0 radical (unpaired) electrons. The zero-order valence-electron chi connectivity index (χ0n) is 9.44. The fourth-order valence-corrected chi connectivity index (χ4v) is 2.20. The van der Waals surface area contributed by atoms with Crippen LogP contribution in [0, 0.1) is 6.92 Å². The third-order valence-corrected chi connectivity index (χ3v) is 3.01. The van der Waals surface area contributed by atoms with Crippen LogP contribution in [-0.4, -0.2) is 38.5 Å². The average Bonchev–Trinajstić information content (AvgIpc) is 2.64. The molecule has 0 unspecified atom stereocenters. The van der Waals surface area contributed by atoms with Crippen LogP contribution in [0.4, 0.5) is 0 Å². The minimum Gasteiger partial charge on any atom is -0.480 e.